The molecule has 0 saturated heterocycles. The third-order valence-electron chi connectivity index (χ3n) is 4.19. The van der Waals surface area contributed by atoms with E-state index in [2.05, 4.69) is 10.3 Å². The smallest absolute Gasteiger partial charge is 0.254 e. The fourth-order valence-electron chi connectivity index (χ4n) is 2.93. The second-order valence-electron chi connectivity index (χ2n) is 5.76. The maximum atomic E-state index is 12.4. The van der Waals surface area contributed by atoms with Crippen molar-refractivity contribution >= 4 is 17.2 Å². The molecule has 118 valence electrons. The molecule has 2 unspecified atom stereocenters. The lowest BCUT2D eigenvalue weighted by Gasteiger charge is -2.30. The average molecular weight is 320 g/mol. The Balaban J connectivity index is 1.69. The first-order chi connectivity index (χ1) is 10.7. The number of aliphatic hydroxyl groups is 1. The number of aromatic nitrogens is 1. The molecule has 22 heavy (non-hydrogen) atoms. The van der Waals surface area contributed by atoms with Crippen molar-refractivity contribution in [2.24, 2.45) is 5.92 Å². The number of aryl methyl sites for hydroxylation is 1. The summed E-state index contributed by atoms with van der Waals surface area (Å²) >= 11 is 1.55. The Kier molecular flexibility index (Phi) is 4.59. The maximum Gasteiger partial charge on any atom is 0.254 e. The van der Waals surface area contributed by atoms with E-state index < -0.39 is 0 Å². The number of nitrogens with zero attached hydrogens (tertiary/aromatic N) is 1. The molecule has 0 spiro atoms. The fraction of sp³-hybridized carbons (Fsp3) is 0.500. The third kappa shape index (κ3) is 3.23. The van der Waals surface area contributed by atoms with Gasteiger partial charge in [0.15, 0.2) is 5.76 Å². The molecule has 5 nitrogen and oxygen atoms in total. The quantitative estimate of drug-likeness (QED) is 0.908. The minimum absolute atomic E-state index is 0.0473. The fourth-order valence-corrected chi connectivity index (χ4v) is 3.54. The highest BCUT2D eigenvalue weighted by Crippen LogP contribution is 2.26. The van der Waals surface area contributed by atoms with E-state index in [1.54, 1.807) is 17.4 Å². The van der Waals surface area contributed by atoms with Crippen molar-refractivity contribution in [1.29, 1.82) is 0 Å². The van der Waals surface area contributed by atoms with Crippen LogP contribution < -0.4 is 5.32 Å². The minimum Gasteiger partial charge on any atom is -0.462 e. The van der Waals surface area contributed by atoms with Crippen molar-refractivity contribution < 1.29 is 14.3 Å². The molecular formula is C16H20N2O3S. The highest BCUT2D eigenvalue weighted by atomic mass is 32.1. The summed E-state index contributed by atoms with van der Waals surface area (Å²) in [6.45, 7) is 2.06. The molecule has 1 fully saturated rings. The zero-order chi connectivity index (χ0) is 15.5. The summed E-state index contributed by atoms with van der Waals surface area (Å²) in [6, 6.07) is 1.77. The van der Waals surface area contributed by atoms with Crippen LogP contribution in [0, 0.1) is 12.8 Å². The number of hydrogen-bond acceptors (Lipinski definition) is 5. The van der Waals surface area contributed by atoms with Crippen molar-refractivity contribution in [3.63, 3.8) is 0 Å². The van der Waals surface area contributed by atoms with E-state index in [1.807, 2.05) is 12.3 Å². The highest BCUT2D eigenvalue weighted by Gasteiger charge is 2.26. The lowest BCUT2D eigenvalue weighted by atomic mass is 9.85. The van der Waals surface area contributed by atoms with Crippen LogP contribution in [0.3, 0.4) is 0 Å². The second kappa shape index (κ2) is 6.62. The van der Waals surface area contributed by atoms with Crippen molar-refractivity contribution in [1.82, 2.24) is 10.3 Å². The molecule has 2 heterocycles. The standard InChI is InChI=1S/C16H20N2O3S/c1-10-17-14(9-22-10)15-6-12(8-21-15)16(20)18-13-5-3-2-4-11(13)7-19/h6,8-9,11,13,19H,2-5,7H2,1H3,(H,18,20). The van der Waals surface area contributed by atoms with Gasteiger partial charge in [0.1, 0.15) is 12.0 Å². The molecule has 0 aromatic carbocycles. The molecule has 1 aliphatic rings. The molecule has 1 aliphatic carbocycles. The summed E-state index contributed by atoms with van der Waals surface area (Å²) in [4.78, 5) is 16.7. The summed E-state index contributed by atoms with van der Waals surface area (Å²) in [5.74, 6) is 0.620. The molecule has 0 bridgehead atoms. The van der Waals surface area contributed by atoms with Gasteiger partial charge in [-0.25, -0.2) is 4.98 Å². The SMILES string of the molecule is Cc1nc(-c2cc(C(=O)NC3CCCCC3CO)co2)cs1. The Morgan fingerprint density at radius 1 is 1.50 bits per heavy atom. The molecule has 3 rings (SSSR count). The van der Waals surface area contributed by atoms with Crippen LogP contribution in [0.5, 0.6) is 0 Å². The number of thiazole rings is 1. The molecule has 1 saturated carbocycles. The molecule has 1 amide bonds. The van der Waals surface area contributed by atoms with Crippen LogP contribution in [0.15, 0.2) is 22.1 Å². The number of nitrogens with one attached hydrogen (secondary N) is 1. The molecule has 6 heteroatoms. The Bertz CT molecular complexity index is 649. The third-order valence-corrected chi connectivity index (χ3v) is 4.97. The monoisotopic (exact) mass is 320 g/mol. The Hall–Kier alpha value is -1.66. The van der Waals surface area contributed by atoms with E-state index in [1.165, 1.54) is 6.26 Å². The van der Waals surface area contributed by atoms with Gasteiger partial charge in [0.2, 0.25) is 0 Å². The molecule has 2 aromatic heterocycles. The van der Waals surface area contributed by atoms with Crippen LogP contribution in [0.25, 0.3) is 11.5 Å². The first-order valence-electron chi connectivity index (χ1n) is 7.60. The number of aliphatic hydroxyl groups excluding tert-OH is 1. The summed E-state index contributed by atoms with van der Waals surface area (Å²) in [5.41, 5.74) is 1.26. The number of carbonyl (C=O) groups excluding carboxylic acids is 1. The number of rotatable bonds is 4. The van der Waals surface area contributed by atoms with E-state index >= 15 is 0 Å². The predicted octanol–water partition coefficient (Wildman–Crippen LogP) is 2.99. The van der Waals surface area contributed by atoms with Gasteiger partial charge in [0.25, 0.3) is 5.91 Å². The number of carbonyl (C=O) groups is 1. The number of furan rings is 1. The highest BCUT2D eigenvalue weighted by molar-refractivity contribution is 7.09. The number of amides is 1. The molecule has 2 N–H and O–H groups in total. The minimum atomic E-state index is -0.146. The van der Waals surface area contributed by atoms with Crippen LogP contribution in [-0.4, -0.2) is 28.6 Å². The predicted molar refractivity (Wildman–Crippen MR) is 84.9 cm³/mol. The molecule has 0 aliphatic heterocycles. The van der Waals surface area contributed by atoms with Gasteiger partial charge in [-0.1, -0.05) is 12.8 Å². The zero-order valence-electron chi connectivity index (χ0n) is 12.5. The first kappa shape index (κ1) is 15.2. The van der Waals surface area contributed by atoms with Gasteiger partial charge >= 0.3 is 0 Å². The van der Waals surface area contributed by atoms with Crippen molar-refractivity contribution in [2.45, 2.75) is 38.6 Å². The van der Waals surface area contributed by atoms with Crippen LogP contribution in [0.2, 0.25) is 0 Å². The first-order valence-corrected chi connectivity index (χ1v) is 8.48. The van der Waals surface area contributed by atoms with E-state index in [0.717, 1.165) is 36.4 Å². The Morgan fingerprint density at radius 2 is 2.32 bits per heavy atom. The average Bonchev–Trinajstić information content (AvgIpc) is 3.16. The van der Waals surface area contributed by atoms with Crippen molar-refractivity contribution in [3.8, 4) is 11.5 Å². The van der Waals surface area contributed by atoms with E-state index in [4.69, 9.17) is 4.42 Å². The van der Waals surface area contributed by atoms with Gasteiger partial charge in [0.05, 0.1) is 10.6 Å². The van der Waals surface area contributed by atoms with E-state index in [-0.39, 0.29) is 24.5 Å². The molecule has 2 atom stereocenters. The lowest BCUT2D eigenvalue weighted by Crippen LogP contribution is -2.43. The number of hydrogen-bond donors (Lipinski definition) is 2. The van der Waals surface area contributed by atoms with Gasteiger partial charge < -0.3 is 14.8 Å². The Morgan fingerprint density at radius 3 is 3.05 bits per heavy atom. The second-order valence-corrected chi connectivity index (χ2v) is 6.82. The summed E-state index contributed by atoms with van der Waals surface area (Å²) < 4.78 is 5.46. The van der Waals surface area contributed by atoms with Gasteiger partial charge in [0, 0.05) is 23.9 Å². The van der Waals surface area contributed by atoms with Gasteiger partial charge in [-0.05, 0) is 25.8 Å². The summed E-state index contributed by atoms with van der Waals surface area (Å²) in [7, 11) is 0. The lowest BCUT2D eigenvalue weighted by molar-refractivity contribution is 0.0872. The van der Waals surface area contributed by atoms with Gasteiger partial charge in [-0.15, -0.1) is 11.3 Å². The van der Waals surface area contributed by atoms with E-state index in [9.17, 15) is 9.90 Å². The molecule has 0 radical (unpaired) electrons. The summed E-state index contributed by atoms with van der Waals surface area (Å²) in [5, 5.41) is 15.3. The zero-order valence-corrected chi connectivity index (χ0v) is 13.4. The molecule has 2 aromatic rings. The van der Waals surface area contributed by atoms with Crippen LogP contribution in [-0.2, 0) is 0 Å². The van der Waals surface area contributed by atoms with Gasteiger partial charge in [-0.3, -0.25) is 4.79 Å². The van der Waals surface area contributed by atoms with Crippen molar-refractivity contribution in [2.75, 3.05) is 6.61 Å². The van der Waals surface area contributed by atoms with Crippen LogP contribution in [0.1, 0.15) is 41.0 Å². The maximum absolute atomic E-state index is 12.4. The van der Waals surface area contributed by atoms with Crippen LogP contribution >= 0.6 is 11.3 Å². The normalized spacial score (nSPS) is 21.7. The van der Waals surface area contributed by atoms with Crippen molar-refractivity contribution in [3.05, 3.63) is 28.3 Å². The Labute approximate surface area is 133 Å². The largest absolute Gasteiger partial charge is 0.462 e. The van der Waals surface area contributed by atoms with E-state index in [0.29, 0.717) is 11.3 Å². The topological polar surface area (TPSA) is 75.4 Å². The van der Waals surface area contributed by atoms with Gasteiger partial charge in [-0.2, -0.15) is 0 Å². The summed E-state index contributed by atoms with van der Waals surface area (Å²) in [6.07, 6.45) is 5.58. The van der Waals surface area contributed by atoms with Crippen LogP contribution in [0.4, 0.5) is 0 Å². The molecular weight excluding hydrogens is 300 g/mol.